The van der Waals surface area contributed by atoms with Crippen LogP contribution in [0.25, 0.3) is 16.9 Å². The summed E-state index contributed by atoms with van der Waals surface area (Å²) < 4.78 is 87.1. The molecular formula is C18H13BrF4N2O4S. The molecule has 0 fully saturated rings. The van der Waals surface area contributed by atoms with Gasteiger partial charge in [-0.3, -0.25) is 0 Å². The first-order chi connectivity index (χ1) is 13.9. The Kier molecular flexibility index (Phi) is 5.94. The van der Waals surface area contributed by atoms with Crippen LogP contribution < -0.4 is 9.88 Å². The smallest absolute Gasteiger partial charge is 0.468 e. The van der Waals surface area contributed by atoms with Crippen LogP contribution in [0.3, 0.4) is 0 Å². The number of benzene rings is 1. The summed E-state index contributed by atoms with van der Waals surface area (Å²) in [5, 5.41) is 5.09. The van der Waals surface area contributed by atoms with Crippen LogP contribution in [0, 0.1) is 5.82 Å². The third-order valence-electron chi connectivity index (χ3n) is 4.02. The minimum Gasteiger partial charge on any atom is -0.492 e. The van der Waals surface area contributed by atoms with Crippen LogP contribution in [0.2, 0.25) is 0 Å². The highest BCUT2D eigenvalue weighted by molar-refractivity contribution is 9.10. The number of sulfonamides is 1. The molecule has 2 N–H and O–H groups in total. The highest BCUT2D eigenvalue weighted by Gasteiger charge is 2.39. The van der Waals surface area contributed by atoms with E-state index < -0.39 is 27.9 Å². The van der Waals surface area contributed by atoms with Crippen molar-refractivity contribution in [3.8, 4) is 17.1 Å². The molecule has 1 aromatic heterocycles. The molecule has 0 amide bonds. The van der Waals surface area contributed by atoms with Crippen LogP contribution in [0.1, 0.15) is 18.0 Å². The van der Waals surface area contributed by atoms with E-state index >= 15 is 0 Å². The Morgan fingerprint density at radius 3 is 2.50 bits per heavy atom. The van der Waals surface area contributed by atoms with Crippen molar-refractivity contribution in [2.45, 2.75) is 12.6 Å². The molecule has 1 heterocycles. The van der Waals surface area contributed by atoms with Crippen molar-refractivity contribution in [1.82, 2.24) is 4.98 Å². The molecule has 160 valence electrons. The summed E-state index contributed by atoms with van der Waals surface area (Å²) in [7, 11) is -2.77. The fraction of sp³-hybridized carbons (Fsp3) is 0.167. The molecule has 0 bridgehead atoms. The van der Waals surface area contributed by atoms with E-state index in [2.05, 4.69) is 20.9 Å². The molecule has 0 spiro atoms. The van der Waals surface area contributed by atoms with Crippen molar-refractivity contribution >= 4 is 31.5 Å². The van der Waals surface area contributed by atoms with Gasteiger partial charge in [-0.15, -0.1) is 0 Å². The number of aromatic nitrogens is 1. The first-order valence-corrected chi connectivity index (χ1v) is 10.5. The number of alkyl halides is 3. The molecule has 0 aliphatic heterocycles. The number of halogens is 5. The molecule has 0 saturated heterocycles. The Labute approximate surface area is 176 Å². The number of ether oxygens (including phenoxy) is 1. The number of hydrogen-bond donors (Lipinski definition) is 1. The van der Waals surface area contributed by atoms with E-state index in [0.717, 1.165) is 12.1 Å². The number of nitrogens with zero attached hydrogens (tertiary/aromatic N) is 1. The van der Waals surface area contributed by atoms with Crippen LogP contribution in [0.5, 0.6) is 5.75 Å². The molecule has 1 aromatic carbocycles. The van der Waals surface area contributed by atoms with E-state index in [9.17, 15) is 26.0 Å². The predicted molar refractivity (Wildman–Crippen MR) is 104 cm³/mol. The number of hydrogen-bond acceptors (Lipinski definition) is 5. The van der Waals surface area contributed by atoms with Gasteiger partial charge in [-0.25, -0.2) is 22.9 Å². The summed E-state index contributed by atoms with van der Waals surface area (Å²) in [6, 6.07) is 2.27. The molecule has 1 aliphatic rings. The van der Waals surface area contributed by atoms with Gasteiger partial charge in [0.15, 0.2) is 17.3 Å². The highest BCUT2D eigenvalue weighted by atomic mass is 79.9. The van der Waals surface area contributed by atoms with Gasteiger partial charge in [0.2, 0.25) is 10.0 Å². The van der Waals surface area contributed by atoms with Crippen molar-refractivity contribution in [3.63, 3.8) is 0 Å². The van der Waals surface area contributed by atoms with Gasteiger partial charge in [0.25, 0.3) is 0 Å². The van der Waals surface area contributed by atoms with Gasteiger partial charge >= 0.3 is 12.1 Å². The highest BCUT2D eigenvalue weighted by Crippen LogP contribution is 2.40. The lowest BCUT2D eigenvalue weighted by atomic mass is 10.0. The van der Waals surface area contributed by atoms with Crippen LogP contribution in [-0.4, -0.2) is 20.5 Å². The molecular weight excluding hydrogens is 496 g/mol. The molecule has 6 nitrogen and oxygen atoms in total. The minimum absolute atomic E-state index is 0.0312. The Morgan fingerprint density at radius 1 is 1.23 bits per heavy atom. The van der Waals surface area contributed by atoms with Crippen LogP contribution in [0.4, 0.5) is 17.6 Å². The number of methoxy groups -OCH3 is 1. The zero-order valence-corrected chi connectivity index (χ0v) is 17.5. The summed E-state index contributed by atoms with van der Waals surface area (Å²) in [5.41, 5.74) is -0.123. The molecule has 0 atom stereocenters. The average molecular weight is 509 g/mol. The Morgan fingerprint density at radius 2 is 1.93 bits per heavy atom. The maximum atomic E-state index is 14.3. The fourth-order valence-corrected chi connectivity index (χ4v) is 3.90. The molecule has 2 aromatic rings. The van der Waals surface area contributed by atoms with Gasteiger partial charge in [0, 0.05) is 11.1 Å². The van der Waals surface area contributed by atoms with Gasteiger partial charge in [-0.05, 0) is 40.6 Å². The van der Waals surface area contributed by atoms with Gasteiger partial charge in [-0.2, -0.15) is 13.2 Å². The first-order valence-electron chi connectivity index (χ1n) is 8.15. The summed E-state index contributed by atoms with van der Waals surface area (Å²) in [5.74, 6) is -2.84. The Bertz CT molecular complexity index is 1170. The van der Waals surface area contributed by atoms with Gasteiger partial charge < -0.3 is 9.15 Å². The molecule has 0 unspecified atom stereocenters. The first kappa shape index (κ1) is 22.2. The molecule has 3 rings (SSSR count). The third kappa shape index (κ3) is 4.50. The van der Waals surface area contributed by atoms with Crippen LogP contribution >= 0.6 is 15.9 Å². The largest absolute Gasteiger partial charge is 0.492 e. The Hall–Kier alpha value is -2.44. The zero-order valence-electron chi connectivity index (χ0n) is 15.1. The van der Waals surface area contributed by atoms with E-state index in [4.69, 9.17) is 14.3 Å². The van der Waals surface area contributed by atoms with Crippen molar-refractivity contribution in [3.05, 3.63) is 63.2 Å². The molecule has 12 heteroatoms. The number of primary sulfonamides is 1. The number of nitrogens with two attached hydrogens (primary N) is 1. The van der Waals surface area contributed by atoms with E-state index in [1.165, 1.54) is 31.4 Å². The number of rotatable bonds is 4. The fourth-order valence-electron chi connectivity index (χ4n) is 2.72. The second kappa shape index (κ2) is 8.00. The topological polar surface area (TPSA) is 95.4 Å². The van der Waals surface area contributed by atoms with Crippen LogP contribution in [0.15, 0.2) is 50.2 Å². The normalized spacial score (nSPS) is 14.9. The van der Waals surface area contributed by atoms with Gasteiger partial charge in [0.1, 0.15) is 5.69 Å². The molecule has 0 saturated carbocycles. The summed E-state index contributed by atoms with van der Waals surface area (Å²) in [6.07, 6.45) is 0.304. The predicted octanol–water partition coefficient (Wildman–Crippen LogP) is 4.79. The quantitative estimate of drug-likeness (QED) is 0.599. The van der Waals surface area contributed by atoms with Crippen molar-refractivity contribution in [2.24, 2.45) is 5.14 Å². The zero-order chi connectivity index (χ0) is 22.3. The second-order valence-corrected chi connectivity index (χ2v) is 8.46. The molecule has 1 aliphatic carbocycles. The minimum atomic E-state index is -4.89. The summed E-state index contributed by atoms with van der Waals surface area (Å²) >= 11 is 3.10. The maximum Gasteiger partial charge on any atom is 0.468 e. The molecule has 0 radical (unpaired) electrons. The third-order valence-corrected chi connectivity index (χ3v) is 5.57. The lowest BCUT2D eigenvalue weighted by molar-refractivity contribution is -0.156. The van der Waals surface area contributed by atoms with Crippen molar-refractivity contribution < 1.29 is 35.1 Å². The second-order valence-electron chi connectivity index (χ2n) is 6.05. The van der Waals surface area contributed by atoms with E-state index in [-0.39, 0.29) is 44.1 Å². The monoisotopic (exact) mass is 508 g/mol. The maximum absolute atomic E-state index is 14.3. The van der Waals surface area contributed by atoms with Crippen LogP contribution in [-0.2, 0) is 16.2 Å². The van der Waals surface area contributed by atoms with Gasteiger partial charge in [-0.1, -0.05) is 18.2 Å². The number of oxazole rings is 1. The van der Waals surface area contributed by atoms with Crippen molar-refractivity contribution in [1.29, 1.82) is 0 Å². The Balaban J connectivity index is 2.17. The van der Waals surface area contributed by atoms with E-state index in [1.54, 1.807) is 0 Å². The lowest BCUT2D eigenvalue weighted by Gasteiger charge is -2.08. The molecule has 30 heavy (non-hydrogen) atoms. The van der Waals surface area contributed by atoms with Gasteiger partial charge in [0.05, 0.1) is 16.5 Å². The van der Waals surface area contributed by atoms with E-state index in [0.29, 0.717) is 0 Å². The summed E-state index contributed by atoms with van der Waals surface area (Å²) in [6.45, 7) is 0. The number of allylic oxidation sites excluding steroid dienone is 5. The summed E-state index contributed by atoms with van der Waals surface area (Å²) in [4.78, 5) is 3.33. The standard InChI is InChI=1S/C18H13BrF4N2O4S/c1-28-16-12(19)7-10(8-13(16)20)15-14(25-17(29-15)18(21,22)23)9-3-2-4-11(6-5-9)30(24,26)27/h3-8H,2H2,1H3,(H2,24,26,27). The van der Waals surface area contributed by atoms with E-state index in [1.807, 2.05) is 0 Å². The average Bonchev–Trinajstić information content (AvgIpc) is 2.92. The van der Waals surface area contributed by atoms with Crippen molar-refractivity contribution in [2.75, 3.05) is 7.11 Å². The SMILES string of the molecule is COc1c(F)cc(-c2oc(C(F)(F)F)nc2C2=CCC=C(S(N)(=O)=O)C=C2)cc1Br. The lowest BCUT2D eigenvalue weighted by Crippen LogP contribution is -2.13.